The van der Waals surface area contributed by atoms with Gasteiger partial charge in [-0.25, -0.2) is 9.97 Å². The van der Waals surface area contributed by atoms with Crippen LogP contribution >= 0.6 is 0 Å². The molecule has 3 rings (SSSR count). The quantitative estimate of drug-likeness (QED) is 0.755. The minimum Gasteiger partial charge on any atom is -0.463 e. The zero-order chi connectivity index (χ0) is 18.9. The van der Waals surface area contributed by atoms with Gasteiger partial charge in [0.25, 0.3) is 0 Å². The van der Waals surface area contributed by atoms with Gasteiger partial charge in [-0.15, -0.1) is 0 Å². The highest BCUT2D eigenvalue weighted by Crippen LogP contribution is 2.36. The summed E-state index contributed by atoms with van der Waals surface area (Å²) in [5.41, 5.74) is -0.0104. The van der Waals surface area contributed by atoms with E-state index >= 15 is 0 Å². The Kier molecular flexibility index (Phi) is 5.26. The predicted octanol–water partition coefficient (Wildman–Crippen LogP) is 1.41. The van der Waals surface area contributed by atoms with Crippen LogP contribution < -0.4 is 10.2 Å². The van der Waals surface area contributed by atoms with Gasteiger partial charge in [0.05, 0.1) is 17.8 Å². The molecule has 3 heterocycles. The standard InChI is InChI=1S/C18H28BN3O4/c1-13(23)22-8-6-7-14(11-22)12-24-16-20-9-15(10-21-16)19-25-17(2,3)18(4,5)26-19/h9-10,14H,6-8,11-12H2,1-5H3. The lowest BCUT2D eigenvalue weighted by Crippen LogP contribution is -2.41. The van der Waals surface area contributed by atoms with Crippen molar-refractivity contribution in [3.8, 4) is 6.01 Å². The summed E-state index contributed by atoms with van der Waals surface area (Å²) in [4.78, 5) is 22.0. The van der Waals surface area contributed by atoms with Crippen LogP contribution in [0.1, 0.15) is 47.5 Å². The van der Waals surface area contributed by atoms with Crippen LogP contribution in [0.15, 0.2) is 12.4 Å². The van der Waals surface area contributed by atoms with E-state index in [9.17, 15) is 4.79 Å². The van der Waals surface area contributed by atoms with E-state index in [1.165, 1.54) is 0 Å². The van der Waals surface area contributed by atoms with Crippen molar-refractivity contribution in [1.82, 2.24) is 14.9 Å². The third-order valence-electron chi connectivity index (χ3n) is 5.59. The molecule has 0 bridgehead atoms. The van der Waals surface area contributed by atoms with Crippen molar-refractivity contribution in [2.75, 3.05) is 19.7 Å². The Bertz CT molecular complexity index is 634. The molecule has 1 aromatic rings. The average Bonchev–Trinajstić information content (AvgIpc) is 2.81. The van der Waals surface area contributed by atoms with Crippen LogP contribution in [-0.2, 0) is 14.1 Å². The van der Waals surface area contributed by atoms with Gasteiger partial charge in [-0.05, 0) is 40.5 Å². The number of piperidine rings is 1. The number of likely N-dealkylation sites (tertiary alicyclic amines) is 1. The Labute approximate surface area is 155 Å². The first-order valence-electron chi connectivity index (χ1n) is 9.24. The molecule has 1 unspecified atom stereocenters. The lowest BCUT2D eigenvalue weighted by atomic mass is 9.81. The lowest BCUT2D eigenvalue weighted by molar-refractivity contribution is -0.130. The third-order valence-corrected chi connectivity index (χ3v) is 5.59. The molecule has 0 saturated carbocycles. The van der Waals surface area contributed by atoms with E-state index in [-0.39, 0.29) is 5.91 Å². The maximum absolute atomic E-state index is 11.5. The molecule has 2 aliphatic rings. The van der Waals surface area contributed by atoms with Crippen LogP contribution in [-0.4, -0.2) is 58.8 Å². The highest BCUT2D eigenvalue weighted by Gasteiger charge is 2.51. The summed E-state index contributed by atoms with van der Waals surface area (Å²) in [6.07, 6.45) is 5.44. The summed E-state index contributed by atoms with van der Waals surface area (Å²) in [5.74, 6) is 0.441. The summed E-state index contributed by atoms with van der Waals surface area (Å²) in [6.45, 7) is 11.8. The van der Waals surface area contributed by atoms with E-state index in [0.29, 0.717) is 18.5 Å². The fourth-order valence-corrected chi connectivity index (χ4v) is 3.18. The minimum atomic E-state index is -0.475. The van der Waals surface area contributed by atoms with Gasteiger partial charge in [-0.2, -0.15) is 0 Å². The van der Waals surface area contributed by atoms with Crippen molar-refractivity contribution < 1.29 is 18.8 Å². The van der Waals surface area contributed by atoms with Crippen LogP contribution in [0.3, 0.4) is 0 Å². The van der Waals surface area contributed by atoms with Crippen LogP contribution in [0.5, 0.6) is 6.01 Å². The molecule has 2 aliphatic heterocycles. The van der Waals surface area contributed by atoms with E-state index in [2.05, 4.69) is 9.97 Å². The smallest absolute Gasteiger partial charge is 0.463 e. The van der Waals surface area contributed by atoms with Crippen LogP contribution in [0, 0.1) is 5.92 Å². The molecule has 26 heavy (non-hydrogen) atoms. The Morgan fingerprint density at radius 2 is 1.88 bits per heavy atom. The molecule has 1 atom stereocenters. The first-order chi connectivity index (χ1) is 12.2. The van der Waals surface area contributed by atoms with Gasteiger partial charge in [0, 0.05) is 43.8 Å². The molecule has 1 aromatic heterocycles. The molecule has 0 N–H and O–H groups in total. The second-order valence-corrected chi connectivity index (χ2v) is 8.17. The highest BCUT2D eigenvalue weighted by molar-refractivity contribution is 6.61. The van der Waals surface area contributed by atoms with Gasteiger partial charge < -0.3 is 18.9 Å². The van der Waals surface area contributed by atoms with E-state index in [1.54, 1.807) is 19.3 Å². The van der Waals surface area contributed by atoms with Gasteiger partial charge in [0.1, 0.15) is 0 Å². The van der Waals surface area contributed by atoms with E-state index in [1.807, 2.05) is 32.6 Å². The first kappa shape index (κ1) is 19.1. The lowest BCUT2D eigenvalue weighted by Gasteiger charge is -2.32. The summed E-state index contributed by atoms with van der Waals surface area (Å²) in [6, 6.07) is 0.338. The van der Waals surface area contributed by atoms with Crippen molar-refractivity contribution in [2.45, 2.75) is 58.7 Å². The fourth-order valence-electron chi connectivity index (χ4n) is 3.18. The highest BCUT2D eigenvalue weighted by atomic mass is 16.7. The molecular weight excluding hydrogens is 333 g/mol. The van der Waals surface area contributed by atoms with Crippen molar-refractivity contribution in [1.29, 1.82) is 0 Å². The zero-order valence-electron chi connectivity index (χ0n) is 16.3. The summed E-state index contributed by atoms with van der Waals surface area (Å²) < 4.78 is 17.7. The SMILES string of the molecule is CC(=O)N1CCCC(COc2ncc(B3OC(C)(C)C(C)(C)O3)cn2)C1. The fraction of sp³-hybridized carbons (Fsp3) is 0.722. The van der Waals surface area contributed by atoms with Crippen molar-refractivity contribution in [3.63, 3.8) is 0 Å². The Hall–Kier alpha value is -1.67. The largest absolute Gasteiger partial charge is 0.498 e. The van der Waals surface area contributed by atoms with Crippen LogP contribution in [0.25, 0.3) is 0 Å². The maximum atomic E-state index is 11.5. The average molecular weight is 361 g/mol. The van der Waals surface area contributed by atoms with Crippen LogP contribution in [0.2, 0.25) is 0 Å². The van der Waals surface area contributed by atoms with Crippen molar-refractivity contribution in [3.05, 3.63) is 12.4 Å². The molecule has 0 radical (unpaired) electrons. The first-order valence-corrected chi connectivity index (χ1v) is 9.24. The van der Waals surface area contributed by atoms with Gasteiger partial charge in [-0.3, -0.25) is 4.79 Å². The van der Waals surface area contributed by atoms with Crippen molar-refractivity contribution in [2.24, 2.45) is 5.92 Å². The molecule has 7 nitrogen and oxygen atoms in total. The molecule has 0 aromatic carbocycles. The summed E-state index contributed by atoms with van der Waals surface area (Å²) in [5, 5.41) is 0. The number of hydrogen-bond acceptors (Lipinski definition) is 6. The molecule has 1 amide bonds. The molecule has 2 saturated heterocycles. The third kappa shape index (κ3) is 4.01. The molecule has 2 fully saturated rings. The molecule has 0 aliphatic carbocycles. The second kappa shape index (κ2) is 7.16. The second-order valence-electron chi connectivity index (χ2n) is 8.17. The van der Waals surface area contributed by atoms with Gasteiger partial charge in [0.15, 0.2) is 0 Å². The number of carbonyl (C=O) groups excluding carboxylic acids is 1. The zero-order valence-corrected chi connectivity index (χ0v) is 16.3. The van der Waals surface area contributed by atoms with Gasteiger partial charge in [-0.1, -0.05) is 0 Å². The van der Waals surface area contributed by atoms with E-state index in [4.69, 9.17) is 14.0 Å². The van der Waals surface area contributed by atoms with Gasteiger partial charge >= 0.3 is 13.1 Å². The maximum Gasteiger partial charge on any atom is 0.498 e. The Morgan fingerprint density at radius 3 is 2.46 bits per heavy atom. The van der Waals surface area contributed by atoms with Gasteiger partial charge in [0.2, 0.25) is 5.91 Å². The molecular formula is C18H28BN3O4. The molecule has 142 valence electrons. The number of ether oxygens (including phenoxy) is 1. The number of aromatic nitrogens is 2. The van der Waals surface area contributed by atoms with E-state index in [0.717, 1.165) is 31.4 Å². The van der Waals surface area contributed by atoms with Crippen LogP contribution in [0.4, 0.5) is 0 Å². The predicted molar refractivity (Wildman–Crippen MR) is 98.2 cm³/mol. The summed E-state index contributed by atoms with van der Waals surface area (Å²) >= 11 is 0. The minimum absolute atomic E-state index is 0.123. The molecule has 8 heteroatoms. The normalized spacial score (nSPS) is 24.6. The molecule has 0 spiro atoms. The monoisotopic (exact) mass is 361 g/mol. The number of nitrogens with zero attached hydrogens (tertiary/aromatic N) is 3. The van der Waals surface area contributed by atoms with Crippen molar-refractivity contribution >= 4 is 18.5 Å². The Balaban J connectivity index is 1.55. The number of amides is 1. The number of carbonyl (C=O) groups is 1. The number of hydrogen-bond donors (Lipinski definition) is 0. The summed E-state index contributed by atoms with van der Waals surface area (Å²) in [7, 11) is -0.475. The van der Waals surface area contributed by atoms with E-state index < -0.39 is 18.3 Å². The topological polar surface area (TPSA) is 73.8 Å². The number of rotatable bonds is 4. The Morgan fingerprint density at radius 1 is 1.27 bits per heavy atom.